The summed E-state index contributed by atoms with van der Waals surface area (Å²) >= 11 is 0. The summed E-state index contributed by atoms with van der Waals surface area (Å²) < 4.78 is 5.67. The largest absolute Gasteiger partial charge is 0.383 e. The van der Waals surface area contributed by atoms with Crippen LogP contribution in [0.25, 0.3) is 0 Å². The maximum Gasteiger partial charge on any atom is 0.249 e. The van der Waals surface area contributed by atoms with Gasteiger partial charge in [-0.2, -0.15) is 0 Å². The molecule has 5 heteroatoms. The fraction of sp³-hybridized carbons (Fsp3) is 0.588. The standard InChI is InChI=1S/C17H24N2O3/c1-12-9-19-10-14(8-15(19)11-22-12)18-17(21)16(20)7-13-5-3-2-4-6-13/h2-6,12,14-16,20H,7-11H2,1H3,(H,18,21)/t12-,14+,15+,16+/m1/s1. The van der Waals surface area contributed by atoms with E-state index in [-0.39, 0.29) is 18.1 Å². The van der Waals surface area contributed by atoms with Gasteiger partial charge in [0.1, 0.15) is 6.10 Å². The number of fused-ring (bicyclic) bond motifs is 1. The van der Waals surface area contributed by atoms with Crippen LogP contribution in [0.3, 0.4) is 0 Å². The third-order valence-electron chi connectivity index (χ3n) is 4.51. The van der Waals surface area contributed by atoms with Crippen molar-refractivity contribution in [3.63, 3.8) is 0 Å². The number of aliphatic hydroxyl groups excluding tert-OH is 1. The Morgan fingerprint density at radius 2 is 2.18 bits per heavy atom. The Labute approximate surface area is 131 Å². The van der Waals surface area contributed by atoms with Crippen LogP contribution in [-0.4, -0.2) is 59.9 Å². The van der Waals surface area contributed by atoms with E-state index in [2.05, 4.69) is 17.1 Å². The summed E-state index contributed by atoms with van der Waals surface area (Å²) in [7, 11) is 0. The first-order valence-electron chi connectivity index (χ1n) is 8.00. The first kappa shape index (κ1) is 15.5. The highest BCUT2D eigenvalue weighted by molar-refractivity contribution is 5.81. The SMILES string of the molecule is C[C@@H]1CN2C[C@@H](NC(=O)[C@@H](O)Cc3ccccc3)C[C@H]2CO1. The van der Waals surface area contributed by atoms with E-state index in [0.717, 1.165) is 31.7 Å². The molecule has 1 aromatic carbocycles. The summed E-state index contributed by atoms with van der Waals surface area (Å²) in [6.07, 6.45) is 0.521. The van der Waals surface area contributed by atoms with Gasteiger partial charge in [0.25, 0.3) is 0 Å². The van der Waals surface area contributed by atoms with Gasteiger partial charge in [-0.25, -0.2) is 0 Å². The highest BCUT2D eigenvalue weighted by Gasteiger charge is 2.37. The molecule has 0 bridgehead atoms. The first-order valence-corrected chi connectivity index (χ1v) is 8.00. The topological polar surface area (TPSA) is 61.8 Å². The smallest absolute Gasteiger partial charge is 0.249 e. The van der Waals surface area contributed by atoms with Gasteiger partial charge >= 0.3 is 0 Å². The second-order valence-corrected chi connectivity index (χ2v) is 6.40. The molecular formula is C17H24N2O3. The van der Waals surface area contributed by atoms with E-state index < -0.39 is 6.10 Å². The third-order valence-corrected chi connectivity index (χ3v) is 4.51. The molecule has 0 radical (unpaired) electrons. The number of amides is 1. The zero-order valence-corrected chi connectivity index (χ0v) is 12.9. The molecule has 0 aromatic heterocycles. The molecule has 0 spiro atoms. The molecule has 1 amide bonds. The lowest BCUT2D eigenvalue weighted by molar-refractivity contribution is -0.129. The molecule has 0 aliphatic carbocycles. The number of rotatable bonds is 4. The number of ether oxygens (including phenoxy) is 1. The minimum Gasteiger partial charge on any atom is -0.383 e. The molecule has 2 fully saturated rings. The molecule has 2 aliphatic heterocycles. The first-order chi connectivity index (χ1) is 10.6. The second-order valence-electron chi connectivity index (χ2n) is 6.40. The molecule has 4 atom stereocenters. The summed E-state index contributed by atoms with van der Waals surface area (Å²) in [6, 6.07) is 10.1. The van der Waals surface area contributed by atoms with E-state index in [0.29, 0.717) is 12.5 Å². The maximum atomic E-state index is 12.2. The fourth-order valence-corrected chi connectivity index (χ4v) is 3.37. The predicted molar refractivity (Wildman–Crippen MR) is 83.5 cm³/mol. The molecule has 2 N–H and O–H groups in total. The number of nitrogens with one attached hydrogen (secondary N) is 1. The Morgan fingerprint density at radius 1 is 1.41 bits per heavy atom. The maximum absolute atomic E-state index is 12.2. The molecule has 2 heterocycles. The predicted octanol–water partition coefficient (Wildman–Crippen LogP) is 0.568. The lowest BCUT2D eigenvalue weighted by Crippen LogP contribution is -2.46. The summed E-state index contributed by atoms with van der Waals surface area (Å²) in [4.78, 5) is 14.5. The minimum atomic E-state index is -0.991. The van der Waals surface area contributed by atoms with Crippen molar-refractivity contribution in [3.8, 4) is 0 Å². The summed E-state index contributed by atoms with van der Waals surface area (Å²) in [5, 5.41) is 13.1. The van der Waals surface area contributed by atoms with Gasteiger partial charge in [-0.15, -0.1) is 0 Å². The fourth-order valence-electron chi connectivity index (χ4n) is 3.37. The number of carbonyl (C=O) groups excluding carboxylic acids is 1. The normalized spacial score (nSPS) is 29.8. The number of morpholine rings is 1. The Bertz CT molecular complexity index is 508. The highest BCUT2D eigenvalue weighted by Crippen LogP contribution is 2.23. The van der Waals surface area contributed by atoms with Crippen molar-refractivity contribution >= 4 is 5.91 Å². The quantitative estimate of drug-likeness (QED) is 0.854. The molecule has 1 aromatic rings. The number of nitrogens with zero attached hydrogens (tertiary/aromatic N) is 1. The van der Waals surface area contributed by atoms with Crippen LogP contribution in [-0.2, 0) is 16.0 Å². The molecule has 5 nitrogen and oxygen atoms in total. The molecule has 22 heavy (non-hydrogen) atoms. The molecule has 3 rings (SSSR count). The number of hydrogen-bond donors (Lipinski definition) is 2. The average molecular weight is 304 g/mol. The van der Waals surface area contributed by atoms with E-state index in [4.69, 9.17) is 4.74 Å². The van der Waals surface area contributed by atoms with Gasteiger partial charge in [-0.3, -0.25) is 9.69 Å². The zero-order valence-electron chi connectivity index (χ0n) is 12.9. The van der Waals surface area contributed by atoms with Gasteiger partial charge in [-0.1, -0.05) is 30.3 Å². The van der Waals surface area contributed by atoms with Crippen LogP contribution in [0, 0.1) is 0 Å². The Balaban J connectivity index is 1.50. The summed E-state index contributed by atoms with van der Waals surface area (Å²) in [6.45, 7) is 4.58. The van der Waals surface area contributed by atoms with Gasteiger partial charge in [0.2, 0.25) is 5.91 Å². The summed E-state index contributed by atoms with van der Waals surface area (Å²) in [5.41, 5.74) is 0.969. The van der Waals surface area contributed by atoms with Crippen molar-refractivity contribution < 1.29 is 14.6 Å². The van der Waals surface area contributed by atoms with Crippen molar-refractivity contribution in [2.45, 2.75) is 44.1 Å². The highest BCUT2D eigenvalue weighted by atomic mass is 16.5. The Kier molecular flexibility index (Phi) is 4.76. The molecule has 2 aliphatic rings. The van der Waals surface area contributed by atoms with Crippen LogP contribution >= 0.6 is 0 Å². The van der Waals surface area contributed by atoms with E-state index in [1.165, 1.54) is 0 Å². The van der Waals surface area contributed by atoms with Gasteiger partial charge in [0.05, 0.1) is 12.7 Å². The van der Waals surface area contributed by atoms with Crippen LogP contribution in [0.15, 0.2) is 30.3 Å². The molecule has 0 unspecified atom stereocenters. The van der Waals surface area contributed by atoms with Gasteiger partial charge in [0, 0.05) is 31.6 Å². The lowest BCUT2D eigenvalue weighted by Gasteiger charge is -2.33. The van der Waals surface area contributed by atoms with Crippen molar-refractivity contribution in [2.24, 2.45) is 0 Å². The van der Waals surface area contributed by atoms with Crippen molar-refractivity contribution in [1.29, 1.82) is 0 Å². The minimum absolute atomic E-state index is 0.108. The summed E-state index contributed by atoms with van der Waals surface area (Å²) in [5.74, 6) is -0.275. The molecule has 0 saturated carbocycles. The van der Waals surface area contributed by atoms with Crippen LogP contribution < -0.4 is 5.32 Å². The monoisotopic (exact) mass is 304 g/mol. The molecule has 120 valence electrons. The van der Waals surface area contributed by atoms with Crippen LogP contribution in [0.1, 0.15) is 18.9 Å². The number of benzene rings is 1. The van der Waals surface area contributed by atoms with Gasteiger partial charge in [0.15, 0.2) is 0 Å². The van der Waals surface area contributed by atoms with E-state index in [9.17, 15) is 9.90 Å². The molecular weight excluding hydrogens is 280 g/mol. The van der Waals surface area contributed by atoms with Crippen molar-refractivity contribution in [3.05, 3.63) is 35.9 Å². The second kappa shape index (κ2) is 6.77. The van der Waals surface area contributed by atoms with Gasteiger partial charge < -0.3 is 15.2 Å². The van der Waals surface area contributed by atoms with Crippen LogP contribution in [0.5, 0.6) is 0 Å². The Hall–Kier alpha value is -1.43. The third kappa shape index (κ3) is 3.66. The van der Waals surface area contributed by atoms with Crippen molar-refractivity contribution in [1.82, 2.24) is 10.2 Å². The van der Waals surface area contributed by atoms with Crippen LogP contribution in [0.2, 0.25) is 0 Å². The average Bonchev–Trinajstić information content (AvgIpc) is 2.89. The zero-order chi connectivity index (χ0) is 15.5. The number of carbonyl (C=O) groups is 1. The lowest BCUT2D eigenvalue weighted by atomic mass is 10.1. The van der Waals surface area contributed by atoms with E-state index >= 15 is 0 Å². The Morgan fingerprint density at radius 3 is 2.95 bits per heavy atom. The van der Waals surface area contributed by atoms with E-state index in [1.54, 1.807) is 0 Å². The molecule has 2 saturated heterocycles. The van der Waals surface area contributed by atoms with Crippen molar-refractivity contribution in [2.75, 3.05) is 19.7 Å². The van der Waals surface area contributed by atoms with Crippen LogP contribution in [0.4, 0.5) is 0 Å². The number of aliphatic hydroxyl groups is 1. The van der Waals surface area contributed by atoms with E-state index in [1.807, 2.05) is 30.3 Å². The number of hydrogen-bond acceptors (Lipinski definition) is 4. The van der Waals surface area contributed by atoms with Gasteiger partial charge in [-0.05, 0) is 18.9 Å².